The maximum absolute atomic E-state index is 11.7. The molecule has 1 N–H and O–H groups in total. The van der Waals surface area contributed by atoms with Crippen molar-refractivity contribution in [3.63, 3.8) is 0 Å². The molecule has 1 saturated heterocycles. The molecule has 114 valence electrons. The molecule has 0 saturated carbocycles. The molecule has 1 fully saturated rings. The number of amides is 2. The molecule has 1 aromatic rings. The Labute approximate surface area is 125 Å². The van der Waals surface area contributed by atoms with E-state index in [9.17, 15) is 9.59 Å². The molecule has 1 aliphatic heterocycles. The van der Waals surface area contributed by atoms with Crippen LogP contribution in [0.2, 0.25) is 0 Å². The van der Waals surface area contributed by atoms with Gasteiger partial charge in [0.2, 0.25) is 11.8 Å². The number of rotatable bonds is 6. The first kappa shape index (κ1) is 15.5. The normalized spacial score (nSPS) is 15.1. The van der Waals surface area contributed by atoms with Gasteiger partial charge in [-0.05, 0) is 17.7 Å². The summed E-state index contributed by atoms with van der Waals surface area (Å²) in [6, 6.07) is 6.27. The second-order valence-electron chi connectivity index (χ2n) is 5.56. The third-order valence-corrected chi connectivity index (χ3v) is 3.54. The van der Waals surface area contributed by atoms with Crippen LogP contribution in [-0.4, -0.2) is 29.9 Å². The summed E-state index contributed by atoms with van der Waals surface area (Å²) in [6.45, 7) is 5.21. The molecule has 0 bridgehead atoms. The first-order valence-electron chi connectivity index (χ1n) is 7.23. The average Bonchev–Trinajstić information content (AvgIpc) is 2.77. The molecule has 0 unspecified atom stereocenters. The number of imide groups is 1. The van der Waals surface area contributed by atoms with Gasteiger partial charge in [-0.1, -0.05) is 19.9 Å². The Kier molecular flexibility index (Phi) is 4.96. The van der Waals surface area contributed by atoms with Crippen LogP contribution in [0.3, 0.4) is 0 Å². The number of hydrogen-bond donors (Lipinski definition) is 1. The Balaban J connectivity index is 2.17. The van der Waals surface area contributed by atoms with E-state index in [-0.39, 0.29) is 18.4 Å². The van der Waals surface area contributed by atoms with Crippen molar-refractivity contribution in [2.24, 2.45) is 0 Å². The lowest BCUT2D eigenvalue weighted by molar-refractivity contribution is -0.139. The number of benzene rings is 1. The van der Waals surface area contributed by atoms with Gasteiger partial charge >= 0.3 is 0 Å². The first-order chi connectivity index (χ1) is 10.0. The second kappa shape index (κ2) is 6.72. The third-order valence-electron chi connectivity index (χ3n) is 3.54. The van der Waals surface area contributed by atoms with Crippen LogP contribution in [0.25, 0.3) is 0 Å². The fraction of sp³-hybridized carbons (Fsp3) is 0.500. The smallest absolute Gasteiger partial charge is 0.230 e. The summed E-state index contributed by atoms with van der Waals surface area (Å²) in [5.74, 6) is 0.497. The van der Waals surface area contributed by atoms with E-state index in [1.807, 2.05) is 18.2 Å². The van der Waals surface area contributed by atoms with Crippen molar-refractivity contribution in [2.75, 3.05) is 7.11 Å². The van der Waals surface area contributed by atoms with Crippen molar-refractivity contribution >= 4 is 11.8 Å². The molecule has 1 heterocycles. The number of carbonyl (C=O) groups excluding carboxylic acids is 2. The number of likely N-dealkylation sites (tertiary alicyclic amines) is 1. The zero-order valence-electron chi connectivity index (χ0n) is 12.8. The number of hydrogen-bond acceptors (Lipinski definition) is 4. The second-order valence-corrected chi connectivity index (χ2v) is 5.56. The van der Waals surface area contributed by atoms with Gasteiger partial charge < -0.3 is 10.1 Å². The van der Waals surface area contributed by atoms with E-state index < -0.39 is 0 Å². The van der Waals surface area contributed by atoms with Gasteiger partial charge in [0.15, 0.2) is 0 Å². The van der Waals surface area contributed by atoms with Crippen LogP contribution < -0.4 is 10.1 Å². The van der Waals surface area contributed by atoms with Crippen molar-refractivity contribution in [3.8, 4) is 5.75 Å². The van der Waals surface area contributed by atoms with Gasteiger partial charge in [0.05, 0.1) is 13.7 Å². The van der Waals surface area contributed by atoms with Crippen molar-refractivity contribution in [2.45, 2.75) is 45.8 Å². The number of methoxy groups -OCH3 is 1. The maximum atomic E-state index is 11.7. The summed E-state index contributed by atoms with van der Waals surface area (Å²) >= 11 is 0. The van der Waals surface area contributed by atoms with Gasteiger partial charge in [-0.3, -0.25) is 14.5 Å². The van der Waals surface area contributed by atoms with Crippen LogP contribution >= 0.6 is 0 Å². The first-order valence-corrected chi connectivity index (χ1v) is 7.23. The molecule has 0 radical (unpaired) electrons. The lowest BCUT2D eigenvalue weighted by Gasteiger charge is -2.17. The van der Waals surface area contributed by atoms with Crippen molar-refractivity contribution in [1.82, 2.24) is 10.2 Å². The summed E-state index contributed by atoms with van der Waals surface area (Å²) in [5, 5.41) is 3.35. The van der Waals surface area contributed by atoms with E-state index in [2.05, 4.69) is 19.2 Å². The van der Waals surface area contributed by atoms with Crippen LogP contribution in [0.4, 0.5) is 0 Å². The van der Waals surface area contributed by atoms with Crippen LogP contribution in [0.1, 0.15) is 37.8 Å². The average molecular weight is 290 g/mol. The molecule has 5 heteroatoms. The van der Waals surface area contributed by atoms with Gasteiger partial charge in [-0.2, -0.15) is 0 Å². The van der Waals surface area contributed by atoms with E-state index in [0.29, 0.717) is 24.6 Å². The molecule has 21 heavy (non-hydrogen) atoms. The summed E-state index contributed by atoms with van der Waals surface area (Å²) < 4.78 is 5.34. The highest BCUT2D eigenvalue weighted by Gasteiger charge is 2.29. The lowest BCUT2D eigenvalue weighted by atomic mass is 10.1. The van der Waals surface area contributed by atoms with Crippen LogP contribution in [0.5, 0.6) is 5.75 Å². The van der Waals surface area contributed by atoms with Gasteiger partial charge in [-0.25, -0.2) is 0 Å². The molecule has 0 aromatic heterocycles. The molecular formula is C16H22N2O3. The molecular weight excluding hydrogens is 268 g/mol. The predicted octanol–water partition coefficient (Wildman–Crippen LogP) is 1.84. The molecule has 2 rings (SSSR count). The molecule has 5 nitrogen and oxygen atoms in total. The molecule has 2 amide bonds. The molecule has 1 aromatic carbocycles. The minimum atomic E-state index is -0.104. The maximum Gasteiger partial charge on any atom is 0.230 e. The Morgan fingerprint density at radius 3 is 2.48 bits per heavy atom. The fourth-order valence-corrected chi connectivity index (χ4v) is 2.36. The van der Waals surface area contributed by atoms with Crippen molar-refractivity contribution in [1.29, 1.82) is 0 Å². The van der Waals surface area contributed by atoms with E-state index in [4.69, 9.17) is 4.74 Å². The SMILES string of the molecule is COc1ccc(CNC(C)C)cc1CN1C(=O)CCC1=O. The van der Waals surface area contributed by atoms with Crippen LogP contribution in [0.15, 0.2) is 18.2 Å². The van der Waals surface area contributed by atoms with Gasteiger partial charge in [0, 0.05) is 31.0 Å². The highest BCUT2D eigenvalue weighted by atomic mass is 16.5. The van der Waals surface area contributed by atoms with Crippen LogP contribution in [-0.2, 0) is 22.7 Å². The summed E-state index contributed by atoms with van der Waals surface area (Å²) in [5.41, 5.74) is 1.97. The monoisotopic (exact) mass is 290 g/mol. The Bertz CT molecular complexity index is 524. The minimum absolute atomic E-state index is 0.104. The predicted molar refractivity (Wildman–Crippen MR) is 79.8 cm³/mol. The molecule has 0 aliphatic carbocycles. The quantitative estimate of drug-likeness (QED) is 0.812. The van der Waals surface area contributed by atoms with Crippen molar-refractivity contribution in [3.05, 3.63) is 29.3 Å². The highest BCUT2D eigenvalue weighted by molar-refractivity contribution is 6.01. The molecule has 0 spiro atoms. The largest absolute Gasteiger partial charge is 0.496 e. The van der Waals surface area contributed by atoms with E-state index >= 15 is 0 Å². The molecule has 1 aliphatic rings. The standard InChI is InChI=1S/C16H22N2O3/c1-11(2)17-9-12-4-5-14(21-3)13(8-12)10-18-15(19)6-7-16(18)20/h4-5,8,11,17H,6-7,9-10H2,1-3H3. The topological polar surface area (TPSA) is 58.6 Å². The Hall–Kier alpha value is -1.88. The number of nitrogens with zero attached hydrogens (tertiary/aromatic N) is 1. The fourth-order valence-electron chi connectivity index (χ4n) is 2.36. The highest BCUT2D eigenvalue weighted by Crippen LogP contribution is 2.24. The number of carbonyl (C=O) groups is 2. The zero-order valence-corrected chi connectivity index (χ0v) is 12.8. The minimum Gasteiger partial charge on any atom is -0.496 e. The van der Waals surface area contributed by atoms with Gasteiger partial charge in [0.25, 0.3) is 0 Å². The van der Waals surface area contributed by atoms with E-state index in [1.54, 1.807) is 7.11 Å². The van der Waals surface area contributed by atoms with E-state index in [1.165, 1.54) is 4.90 Å². The summed E-state index contributed by atoms with van der Waals surface area (Å²) in [4.78, 5) is 24.8. The lowest BCUT2D eigenvalue weighted by Crippen LogP contribution is -2.28. The van der Waals surface area contributed by atoms with Crippen LogP contribution in [0, 0.1) is 0 Å². The number of nitrogens with one attached hydrogen (secondary N) is 1. The summed E-state index contributed by atoms with van der Waals surface area (Å²) in [6.07, 6.45) is 0.630. The van der Waals surface area contributed by atoms with Gasteiger partial charge in [0.1, 0.15) is 5.75 Å². The zero-order chi connectivity index (χ0) is 15.4. The van der Waals surface area contributed by atoms with E-state index in [0.717, 1.165) is 17.7 Å². The van der Waals surface area contributed by atoms with Crippen molar-refractivity contribution < 1.29 is 14.3 Å². The summed E-state index contributed by atoms with van der Waals surface area (Å²) in [7, 11) is 1.60. The third kappa shape index (κ3) is 3.82. The molecule has 0 atom stereocenters. The van der Waals surface area contributed by atoms with Gasteiger partial charge in [-0.15, -0.1) is 0 Å². The number of ether oxygens (including phenoxy) is 1. The Morgan fingerprint density at radius 2 is 1.90 bits per heavy atom. The Morgan fingerprint density at radius 1 is 1.24 bits per heavy atom.